The Kier molecular flexibility index (Phi) is 5.02. The highest BCUT2D eigenvalue weighted by Gasteiger charge is 2.34. The van der Waals surface area contributed by atoms with Crippen molar-refractivity contribution in [3.8, 4) is 6.07 Å². The lowest BCUT2D eigenvalue weighted by Gasteiger charge is -2.39. The summed E-state index contributed by atoms with van der Waals surface area (Å²) in [5.74, 6) is -1.33. The average Bonchev–Trinajstić information content (AvgIpc) is 3.21. The number of pyridine rings is 1. The number of nitrogens with one attached hydrogen (secondary N) is 1. The Balaban J connectivity index is 1.49. The van der Waals surface area contributed by atoms with Gasteiger partial charge < -0.3 is 14.8 Å². The summed E-state index contributed by atoms with van der Waals surface area (Å²) in [6, 6.07) is 13.8. The van der Waals surface area contributed by atoms with Crippen molar-refractivity contribution in [2.24, 2.45) is 0 Å². The Hall–Kier alpha value is -3.99. The first-order valence-electron chi connectivity index (χ1n) is 9.57. The van der Waals surface area contributed by atoms with Crippen molar-refractivity contribution in [3.05, 3.63) is 65.5 Å². The van der Waals surface area contributed by atoms with E-state index in [1.807, 2.05) is 31.2 Å². The number of hydrogen-bond acceptors (Lipinski definition) is 5. The van der Waals surface area contributed by atoms with Crippen molar-refractivity contribution >= 4 is 28.6 Å². The van der Waals surface area contributed by atoms with Crippen LogP contribution >= 0.6 is 0 Å². The molecule has 0 spiro atoms. The third-order valence-corrected chi connectivity index (χ3v) is 5.29. The van der Waals surface area contributed by atoms with E-state index in [0.717, 1.165) is 0 Å². The maximum atomic E-state index is 12.9. The highest BCUT2D eigenvalue weighted by Crippen LogP contribution is 2.20. The predicted octanol–water partition coefficient (Wildman–Crippen LogP) is 1.99. The zero-order valence-electron chi connectivity index (χ0n) is 16.3. The van der Waals surface area contributed by atoms with E-state index in [2.05, 4.69) is 9.97 Å². The van der Waals surface area contributed by atoms with Crippen LogP contribution in [0.25, 0.3) is 11.0 Å². The second-order valence-electron chi connectivity index (χ2n) is 7.20. The molecule has 3 heterocycles. The lowest BCUT2D eigenvalue weighted by molar-refractivity contribution is -0.130. The number of ketones is 1. The number of carbonyl (C=O) groups is 3. The summed E-state index contributed by atoms with van der Waals surface area (Å²) >= 11 is 0. The van der Waals surface area contributed by atoms with Crippen LogP contribution in [0.5, 0.6) is 0 Å². The Morgan fingerprint density at radius 2 is 1.90 bits per heavy atom. The number of fused-ring (bicyclic) bond motifs is 1. The van der Waals surface area contributed by atoms with Crippen molar-refractivity contribution in [1.29, 1.82) is 5.26 Å². The van der Waals surface area contributed by atoms with Crippen LogP contribution in [0.4, 0.5) is 0 Å². The summed E-state index contributed by atoms with van der Waals surface area (Å²) in [4.78, 5) is 48.6. The molecule has 4 rings (SSSR count). The first-order valence-corrected chi connectivity index (χ1v) is 9.57. The molecule has 0 aliphatic carbocycles. The molecule has 8 heteroatoms. The van der Waals surface area contributed by atoms with Gasteiger partial charge in [-0.3, -0.25) is 14.4 Å². The molecule has 1 N–H and O–H groups in total. The first-order chi connectivity index (χ1) is 14.5. The van der Waals surface area contributed by atoms with Crippen LogP contribution < -0.4 is 0 Å². The molecule has 0 bridgehead atoms. The molecule has 1 unspecified atom stereocenters. The maximum absolute atomic E-state index is 12.9. The zero-order chi connectivity index (χ0) is 21.3. The van der Waals surface area contributed by atoms with E-state index in [1.54, 1.807) is 23.1 Å². The van der Waals surface area contributed by atoms with Gasteiger partial charge in [0.05, 0.1) is 5.56 Å². The minimum Gasteiger partial charge on any atom is -0.345 e. The van der Waals surface area contributed by atoms with Crippen LogP contribution in [-0.4, -0.2) is 63.0 Å². The molecule has 1 aromatic carbocycles. The molecule has 0 saturated carbocycles. The number of amides is 2. The maximum Gasteiger partial charge on any atom is 0.295 e. The lowest BCUT2D eigenvalue weighted by atomic mass is 10.1. The summed E-state index contributed by atoms with van der Waals surface area (Å²) in [6.45, 7) is 2.82. The molecule has 0 radical (unpaired) electrons. The monoisotopic (exact) mass is 401 g/mol. The second-order valence-corrected chi connectivity index (χ2v) is 7.20. The van der Waals surface area contributed by atoms with Crippen molar-refractivity contribution < 1.29 is 14.4 Å². The lowest BCUT2D eigenvalue weighted by Crippen LogP contribution is -2.56. The zero-order valence-corrected chi connectivity index (χ0v) is 16.3. The number of nitriles is 1. The summed E-state index contributed by atoms with van der Waals surface area (Å²) in [5, 5.41) is 9.45. The van der Waals surface area contributed by atoms with Gasteiger partial charge in [0.25, 0.3) is 17.6 Å². The SMILES string of the molecule is CC1CN(C(=O)c2ccccc2)CCN1C(=O)C(=O)c1c[nH]c2nc(C#N)ccc12. The molecule has 2 aromatic heterocycles. The van der Waals surface area contributed by atoms with Crippen molar-refractivity contribution in [2.45, 2.75) is 13.0 Å². The smallest absolute Gasteiger partial charge is 0.295 e. The van der Waals surface area contributed by atoms with Gasteiger partial charge in [-0.2, -0.15) is 5.26 Å². The summed E-state index contributed by atoms with van der Waals surface area (Å²) in [7, 11) is 0. The third-order valence-electron chi connectivity index (χ3n) is 5.29. The van der Waals surface area contributed by atoms with E-state index in [9.17, 15) is 14.4 Å². The van der Waals surface area contributed by atoms with Gasteiger partial charge in [0.1, 0.15) is 17.4 Å². The standard InChI is InChI=1S/C22H19N5O3/c1-14-13-26(21(29)15-5-3-2-4-6-15)9-10-27(14)22(30)19(28)18-12-24-20-17(18)8-7-16(11-23)25-20/h2-8,12,14H,9-10,13H2,1H3,(H,24,25). The fourth-order valence-electron chi connectivity index (χ4n) is 3.71. The molecular weight excluding hydrogens is 382 g/mol. The van der Waals surface area contributed by atoms with Crippen LogP contribution in [0.1, 0.15) is 33.3 Å². The molecule has 30 heavy (non-hydrogen) atoms. The van der Waals surface area contributed by atoms with E-state index in [1.165, 1.54) is 17.2 Å². The largest absolute Gasteiger partial charge is 0.345 e. The van der Waals surface area contributed by atoms with Crippen molar-refractivity contribution in [2.75, 3.05) is 19.6 Å². The number of Topliss-reactive ketones (excluding diaryl/α,β-unsaturated/α-hetero) is 1. The molecular formula is C22H19N5O3. The summed E-state index contributed by atoms with van der Waals surface area (Å²) < 4.78 is 0. The Bertz CT molecular complexity index is 1180. The van der Waals surface area contributed by atoms with Crippen molar-refractivity contribution in [1.82, 2.24) is 19.8 Å². The molecule has 1 fully saturated rings. The van der Waals surface area contributed by atoms with E-state index in [0.29, 0.717) is 29.7 Å². The topological polar surface area (TPSA) is 110 Å². The number of hydrogen-bond donors (Lipinski definition) is 1. The van der Waals surface area contributed by atoms with Crippen LogP contribution in [0.15, 0.2) is 48.7 Å². The van der Waals surface area contributed by atoms with Gasteiger partial charge in [0, 0.05) is 42.8 Å². The van der Waals surface area contributed by atoms with E-state index in [4.69, 9.17) is 5.26 Å². The number of carbonyl (C=O) groups excluding carboxylic acids is 3. The number of aromatic nitrogens is 2. The molecule has 1 saturated heterocycles. The average molecular weight is 401 g/mol. The molecule has 3 aromatic rings. The van der Waals surface area contributed by atoms with Crippen LogP contribution in [0.3, 0.4) is 0 Å². The van der Waals surface area contributed by atoms with Gasteiger partial charge in [0.15, 0.2) is 0 Å². The highest BCUT2D eigenvalue weighted by atomic mass is 16.2. The van der Waals surface area contributed by atoms with Gasteiger partial charge in [-0.15, -0.1) is 0 Å². The van der Waals surface area contributed by atoms with Gasteiger partial charge in [0.2, 0.25) is 0 Å². The molecule has 2 amide bonds. The minimum atomic E-state index is -0.637. The van der Waals surface area contributed by atoms with Crippen LogP contribution in [0.2, 0.25) is 0 Å². The summed E-state index contributed by atoms with van der Waals surface area (Å²) in [6.07, 6.45) is 1.44. The number of rotatable bonds is 3. The molecule has 1 aliphatic heterocycles. The number of aromatic amines is 1. The highest BCUT2D eigenvalue weighted by molar-refractivity contribution is 6.44. The number of benzene rings is 1. The molecule has 8 nitrogen and oxygen atoms in total. The van der Waals surface area contributed by atoms with E-state index >= 15 is 0 Å². The fraction of sp³-hybridized carbons (Fsp3) is 0.227. The quantitative estimate of drug-likeness (QED) is 0.533. The number of nitrogens with zero attached hydrogens (tertiary/aromatic N) is 4. The third kappa shape index (κ3) is 3.42. The Morgan fingerprint density at radius 1 is 1.13 bits per heavy atom. The van der Waals surface area contributed by atoms with Gasteiger partial charge in [-0.1, -0.05) is 18.2 Å². The molecule has 150 valence electrons. The Morgan fingerprint density at radius 3 is 2.60 bits per heavy atom. The van der Waals surface area contributed by atoms with Gasteiger partial charge >= 0.3 is 0 Å². The molecule has 1 aliphatic rings. The van der Waals surface area contributed by atoms with E-state index in [-0.39, 0.29) is 29.8 Å². The van der Waals surface area contributed by atoms with Gasteiger partial charge in [-0.05, 0) is 31.2 Å². The number of piperazine rings is 1. The number of H-pyrrole nitrogens is 1. The van der Waals surface area contributed by atoms with Crippen LogP contribution in [-0.2, 0) is 4.79 Å². The second kappa shape index (κ2) is 7.79. The molecule has 1 atom stereocenters. The van der Waals surface area contributed by atoms with E-state index < -0.39 is 11.7 Å². The Labute approximate surface area is 172 Å². The summed E-state index contributed by atoms with van der Waals surface area (Å²) in [5.41, 5.74) is 1.43. The minimum absolute atomic E-state index is 0.0862. The van der Waals surface area contributed by atoms with Gasteiger partial charge in [-0.25, -0.2) is 4.98 Å². The predicted molar refractivity (Wildman–Crippen MR) is 109 cm³/mol. The van der Waals surface area contributed by atoms with Crippen molar-refractivity contribution in [3.63, 3.8) is 0 Å². The normalized spacial score (nSPS) is 16.3. The van der Waals surface area contributed by atoms with Crippen LogP contribution in [0, 0.1) is 11.3 Å². The first kappa shape index (κ1) is 19.3. The fourth-order valence-corrected chi connectivity index (χ4v) is 3.71.